The summed E-state index contributed by atoms with van der Waals surface area (Å²) < 4.78 is 0. The van der Waals surface area contributed by atoms with Crippen molar-refractivity contribution in [3.05, 3.63) is 29.6 Å². The molecule has 1 aliphatic rings. The van der Waals surface area contributed by atoms with Crippen LogP contribution in [0.4, 0.5) is 0 Å². The molecular weight excluding hydrogens is 246 g/mol. The van der Waals surface area contributed by atoms with Gasteiger partial charge in [0.1, 0.15) is 0 Å². The van der Waals surface area contributed by atoms with Gasteiger partial charge < -0.3 is 10.2 Å². The molecule has 1 aromatic heterocycles. The molecular formula is C17H29N3. The van der Waals surface area contributed by atoms with E-state index in [2.05, 4.69) is 41.3 Å². The van der Waals surface area contributed by atoms with Gasteiger partial charge in [0, 0.05) is 25.8 Å². The average Bonchev–Trinajstić information content (AvgIpc) is 2.47. The summed E-state index contributed by atoms with van der Waals surface area (Å²) in [5.41, 5.74) is 2.45. The van der Waals surface area contributed by atoms with E-state index < -0.39 is 0 Å². The summed E-state index contributed by atoms with van der Waals surface area (Å²) in [6.45, 7) is 6.24. The zero-order valence-electron chi connectivity index (χ0n) is 13.1. The molecule has 0 radical (unpaired) electrons. The first-order chi connectivity index (χ1) is 9.78. The van der Waals surface area contributed by atoms with Crippen LogP contribution < -0.4 is 5.32 Å². The maximum absolute atomic E-state index is 4.58. The number of pyridine rings is 1. The summed E-state index contributed by atoms with van der Waals surface area (Å²) in [5.74, 6) is 0.904. The Morgan fingerprint density at radius 3 is 2.70 bits per heavy atom. The van der Waals surface area contributed by atoms with Crippen LogP contribution in [0.25, 0.3) is 0 Å². The molecule has 1 aromatic rings. The van der Waals surface area contributed by atoms with Gasteiger partial charge in [0.25, 0.3) is 0 Å². The van der Waals surface area contributed by atoms with Gasteiger partial charge in [0.2, 0.25) is 0 Å². The highest BCUT2D eigenvalue weighted by atomic mass is 15.1. The summed E-state index contributed by atoms with van der Waals surface area (Å²) in [6, 6.07) is 4.36. The molecule has 1 fully saturated rings. The van der Waals surface area contributed by atoms with Gasteiger partial charge in [-0.05, 0) is 44.0 Å². The first-order valence-electron chi connectivity index (χ1n) is 8.11. The number of nitrogens with zero attached hydrogens (tertiary/aromatic N) is 2. The Morgan fingerprint density at radius 1 is 1.25 bits per heavy atom. The smallest absolute Gasteiger partial charge is 0.0544 e. The first kappa shape index (κ1) is 15.5. The second kappa shape index (κ2) is 8.38. The van der Waals surface area contributed by atoms with Crippen molar-refractivity contribution in [3.63, 3.8) is 0 Å². The van der Waals surface area contributed by atoms with Crippen LogP contribution in [0.2, 0.25) is 0 Å². The first-order valence-corrected chi connectivity index (χ1v) is 8.11. The molecule has 0 bridgehead atoms. The SMILES string of the molecule is CCNCc1ccc(CN(C)CC2CCCCC2)nc1. The van der Waals surface area contributed by atoms with Crippen molar-refractivity contribution in [1.29, 1.82) is 0 Å². The molecule has 0 amide bonds. The van der Waals surface area contributed by atoms with Crippen molar-refractivity contribution < 1.29 is 0 Å². The van der Waals surface area contributed by atoms with Crippen molar-refractivity contribution in [2.75, 3.05) is 20.1 Å². The molecule has 0 spiro atoms. The summed E-state index contributed by atoms with van der Waals surface area (Å²) in [7, 11) is 2.23. The topological polar surface area (TPSA) is 28.2 Å². The van der Waals surface area contributed by atoms with Crippen LogP contribution in [0, 0.1) is 5.92 Å². The van der Waals surface area contributed by atoms with E-state index in [-0.39, 0.29) is 0 Å². The van der Waals surface area contributed by atoms with E-state index in [1.54, 1.807) is 0 Å². The summed E-state index contributed by atoms with van der Waals surface area (Å²) in [4.78, 5) is 7.02. The molecule has 20 heavy (non-hydrogen) atoms. The van der Waals surface area contributed by atoms with Crippen LogP contribution >= 0.6 is 0 Å². The Hall–Kier alpha value is -0.930. The van der Waals surface area contributed by atoms with Gasteiger partial charge in [-0.1, -0.05) is 32.3 Å². The molecule has 0 saturated heterocycles. The molecule has 1 N–H and O–H groups in total. The van der Waals surface area contributed by atoms with E-state index in [1.807, 2.05) is 6.20 Å². The number of hydrogen-bond acceptors (Lipinski definition) is 3. The number of rotatable bonds is 7. The predicted molar refractivity (Wildman–Crippen MR) is 84.5 cm³/mol. The third-order valence-electron chi connectivity index (χ3n) is 4.19. The Balaban J connectivity index is 1.76. The highest BCUT2D eigenvalue weighted by Gasteiger charge is 2.15. The lowest BCUT2D eigenvalue weighted by molar-refractivity contribution is 0.226. The third-order valence-corrected chi connectivity index (χ3v) is 4.19. The fourth-order valence-electron chi connectivity index (χ4n) is 3.07. The minimum Gasteiger partial charge on any atom is -0.313 e. The van der Waals surface area contributed by atoms with Gasteiger partial charge >= 0.3 is 0 Å². The van der Waals surface area contributed by atoms with Crippen molar-refractivity contribution in [2.45, 2.75) is 52.1 Å². The molecule has 0 unspecified atom stereocenters. The van der Waals surface area contributed by atoms with E-state index in [0.717, 1.165) is 25.6 Å². The third kappa shape index (κ3) is 5.22. The molecule has 0 aromatic carbocycles. The van der Waals surface area contributed by atoms with Gasteiger partial charge in [-0.25, -0.2) is 0 Å². The minimum absolute atomic E-state index is 0.904. The zero-order chi connectivity index (χ0) is 14.2. The summed E-state index contributed by atoms with van der Waals surface area (Å²) in [5, 5.41) is 3.33. The highest BCUT2D eigenvalue weighted by molar-refractivity contribution is 5.13. The molecule has 3 heteroatoms. The Morgan fingerprint density at radius 2 is 2.05 bits per heavy atom. The van der Waals surface area contributed by atoms with Crippen LogP contribution in [0.5, 0.6) is 0 Å². The van der Waals surface area contributed by atoms with Gasteiger partial charge in [-0.15, -0.1) is 0 Å². The fraction of sp³-hybridized carbons (Fsp3) is 0.706. The zero-order valence-corrected chi connectivity index (χ0v) is 13.1. The second-order valence-electron chi connectivity index (χ2n) is 6.14. The Kier molecular flexibility index (Phi) is 6.48. The molecule has 0 atom stereocenters. The normalized spacial score (nSPS) is 16.8. The maximum Gasteiger partial charge on any atom is 0.0544 e. The molecule has 1 heterocycles. The van der Waals surface area contributed by atoms with E-state index in [1.165, 1.54) is 49.9 Å². The van der Waals surface area contributed by atoms with Gasteiger partial charge in [0.15, 0.2) is 0 Å². The number of nitrogens with one attached hydrogen (secondary N) is 1. The molecule has 1 saturated carbocycles. The van der Waals surface area contributed by atoms with Crippen LogP contribution in [0.15, 0.2) is 18.3 Å². The second-order valence-corrected chi connectivity index (χ2v) is 6.14. The van der Waals surface area contributed by atoms with Crippen molar-refractivity contribution in [3.8, 4) is 0 Å². The van der Waals surface area contributed by atoms with E-state index >= 15 is 0 Å². The van der Waals surface area contributed by atoms with E-state index in [9.17, 15) is 0 Å². The lowest BCUT2D eigenvalue weighted by atomic mass is 9.89. The number of hydrogen-bond donors (Lipinski definition) is 1. The average molecular weight is 275 g/mol. The molecule has 0 aliphatic heterocycles. The van der Waals surface area contributed by atoms with Crippen LogP contribution in [0.3, 0.4) is 0 Å². The van der Waals surface area contributed by atoms with E-state index in [0.29, 0.717) is 0 Å². The van der Waals surface area contributed by atoms with Gasteiger partial charge in [0.05, 0.1) is 5.69 Å². The van der Waals surface area contributed by atoms with Gasteiger partial charge in [-0.2, -0.15) is 0 Å². The van der Waals surface area contributed by atoms with Crippen molar-refractivity contribution in [1.82, 2.24) is 15.2 Å². The van der Waals surface area contributed by atoms with Crippen molar-refractivity contribution in [2.24, 2.45) is 5.92 Å². The Labute approximate surface area is 123 Å². The fourth-order valence-corrected chi connectivity index (χ4v) is 3.07. The monoisotopic (exact) mass is 275 g/mol. The lowest BCUT2D eigenvalue weighted by Gasteiger charge is -2.26. The lowest BCUT2D eigenvalue weighted by Crippen LogP contribution is -2.27. The largest absolute Gasteiger partial charge is 0.313 e. The minimum atomic E-state index is 0.904. The molecule has 3 nitrogen and oxygen atoms in total. The quantitative estimate of drug-likeness (QED) is 0.828. The van der Waals surface area contributed by atoms with Crippen LogP contribution in [-0.4, -0.2) is 30.0 Å². The molecule has 2 rings (SSSR count). The van der Waals surface area contributed by atoms with Gasteiger partial charge in [-0.3, -0.25) is 4.98 Å². The standard InChI is InChI=1S/C17H29N3/c1-3-18-11-16-9-10-17(19-12-16)14-20(2)13-15-7-5-4-6-8-15/h9-10,12,15,18H,3-8,11,13-14H2,1-2H3. The van der Waals surface area contributed by atoms with E-state index in [4.69, 9.17) is 0 Å². The number of aromatic nitrogens is 1. The van der Waals surface area contributed by atoms with Crippen LogP contribution in [-0.2, 0) is 13.1 Å². The maximum atomic E-state index is 4.58. The highest BCUT2D eigenvalue weighted by Crippen LogP contribution is 2.24. The molecule has 112 valence electrons. The molecule has 1 aliphatic carbocycles. The van der Waals surface area contributed by atoms with Crippen molar-refractivity contribution >= 4 is 0 Å². The Bertz CT molecular complexity index is 368. The van der Waals surface area contributed by atoms with Crippen LogP contribution in [0.1, 0.15) is 50.3 Å². The summed E-state index contributed by atoms with van der Waals surface area (Å²) >= 11 is 0. The predicted octanol–water partition coefficient (Wildman–Crippen LogP) is 3.20. The summed E-state index contributed by atoms with van der Waals surface area (Å²) in [6.07, 6.45) is 9.13.